The molecule has 1 rings (SSSR count). The maximum Gasteiger partial charge on any atom is 0.224 e. The van der Waals surface area contributed by atoms with Gasteiger partial charge in [0.05, 0.1) is 0 Å². The van der Waals surface area contributed by atoms with E-state index in [0.717, 1.165) is 26.2 Å². The molecule has 1 heterocycles. The first-order valence-corrected chi connectivity index (χ1v) is 6.35. The van der Waals surface area contributed by atoms with Crippen molar-refractivity contribution in [1.82, 2.24) is 15.5 Å². The third kappa shape index (κ3) is 5.68. The average molecular weight is 241 g/mol. The largest absolute Gasteiger partial charge is 0.356 e. The Morgan fingerprint density at radius 1 is 1.29 bits per heavy atom. The van der Waals surface area contributed by atoms with Gasteiger partial charge in [-0.1, -0.05) is 13.8 Å². The van der Waals surface area contributed by atoms with Crippen molar-refractivity contribution >= 4 is 11.8 Å². The fourth-order valence-corrected chi connectivity index (χ4v) is 1.82. The van der Waals surface area contributed by atoms with Crippen LogP contribution >= 0.6 is 0 Å². The topological polar surface area (TPSA) is 61.4 Å². The zero-order valence-corrected chi connectivity index (χ0v) is 10.8. The molecule has 0 aromatic carbocycles. The molecule has 0 aromatic heterocycles. The van der Waals surface area contributed by atoms with Crippen LogP contribution in [0.3, 0.4) is 0 Å². The Morgan fingerprint density at radius 2 is 1.94 bits per heavy atom. The summed E-state index contributed by atoms with van der Waals surface area (Å²) in [5, 5.41) is 5.98. The van der Waals surface area contributed by atoms with Crippen molar-refractivity contribution in [2.45, 2.75) is 26.7 Å². The van der Waals surface area contributed by atoms with Crippen molar-refractivity contribution in [2.75, 3.05) is 32.7 Å². The molecule has 2 amide bonds. The lowest BCUT2D eigenvalue weighted by molar-refractivity contribution is -0.131. The van der Waals surface area contributed by atoms with Gasteiger partial charge in [0.2, 0.25) is 11.8 Å². The number of amides is 2. The van der Waals surface area contributed by atoms with Crippen LogP contribution in [0.1, 0.15) is 26.7 Å². The van der Waals surface area contributed by atoms with Gasteiger partial charge in [-0.05, 0) is 5.92 Å². The van der Waals surface area contributed by atoms with Crippen LogP contribution in [0.4, 0.5) is 0 Å². The number of carbonyl (C=O) groups is 2. The van der Waals surface area contributed by atoms with Crippen molar-refractivity contribution in [3.63, 3.8) is 0 Å². The Hall–Kier alpha value is -1.10. The molecule has 0 radical (unpaired) electrons. The predicted octanol–water partition coefficient (Wildman–Crippen LogP) is -0.0294. The number of piperazine rings is 1. The molecule has 0 bridgehead atoms. The van der Waals surface area contributed by atoms with Gasteiger partial charge in [0.25, 0.3) is 0 Å². The quantitative estimate of drug-likeness (QED) is 0.710. The molecule has 5 nitrogen and oxygen atoms in total. The molecule has 5 heteroatoms. The number of rotatable bonds is 5. The second-order valence-corrected chi connectivity index (χ2v) is 4.83. The summed E-state index contributed by atoms with van der Waals surface area (Å²) in [6.07, 6.45) is 0.936. The van der Waals surface area contributed by atoms with Gasteiger partial charge in [0.15, 0.2) is 0 Å². The highest BCUT2D eigenvalue weighted by atomic mass is 16.2. The van der Waals surface area contributed by atoms with E-state index >= 15 is 0 Å². The van der Waals surface area contributed by atoms with Crippen LogP contribution in [0.2, 0.25) is 0 Å². The van der Waals surface area contributed by atoms with E-state index in [1.54, 1.807) is 0 Å². The highest BCUT2D eigenvalue weighted by Gasteiger charge is 2.15. The van der Waals surface area contributed by atoms with Gasteiger partial charge in [-0.15, -0.1) is 0 Å². The number of hydrogen-bond donors (Lipinski definition) is 2. The minimum atomic E-state index is 0.0353. The molecule has 17 heavy (non-hydrogen) atoms. The second kappa shape index (κ2) is 7.27. The lowest BCUT2D eigenvalue weighted by Gasteiger charge is -2.27. The smallest absolute Gasteiger partial charge is 0.224 e. The normalized spacial score (nSPS) is 16.1. The third-order valence-electron chi connectivity index (χ3n) is 2.72. The number of hydrogen-bond acceptors (Lipinski definition) is 3. The molecule has 0 saturated carbocycles. The summed E-state index contributed by atoms with van der Waals surface area (Å²) in [7, 11) is 0. The van der Waals surface area contributed by atoms with Crippen LogP contribution in [0, 0.1) is 5.92 Å². The molecule has 0 spiro atoms. The number of carbonyl (C=O) groups excluding carboxylic acids is 2. The van der Waals surface area contributed by atoms with E-state index in [2.05, 4.69) is 10.6 Å². The van der Waals surface area contributed by atoms with Gasteiger partial charge in [-0.2, -0.15) is 0 Å². The summed E-state index contributed by atoms with van der Waals surface area (Å²) in [5.74, 6) is 0.531. The van der Waals surface area contributed by atoms with Crippen LogP contribution in [0.15, 0.2) is 0 Å². The molecule has 0 aliphatic carbocycles. The van der Waals surface area contributed by atoms with Crippen LogP contribution in [-0.2, 0) is 9.59 Å². The molecule has 98 valence electrons. The number of nitrogens with zero attached hydrogens (tertiary/aromatic N) is 1. The van der Waals surface area contributed by atoms with Gasteiger partial charge in [-0.3, -0.25) is 9.59 Å². The van der Waals surface area contributed by atoms with Crippen molar-refractivity contribution < 1.29 is 9.59 Å². The summed E-state index contributed by atoms with van der Waals surface area (Å²) >= 11 is 0. The van der Waals surface area contributed by atoms with Gasteiger partial charge in [-0.25, -0.2) is 0 Å². The maximum absolute atomic E-state index is 11.7. The summed E-state index contributed by atoms with van der Waals surface area (Å²) in [5.41, 5.74) is 0. The first kappa shape index (κ1) is 14.0. The fraction of sp³-hybridized carbons (Fsp3) is 0.833. The third-order valence-corrected chi connectivity index (χ3v) is 2.72. The van der Waals surface area contributed by atoms with Crippen molar-refractivity contribution in [2.24, 2.45) is 5.92 Å². The van der Waals surface area contributed by atoms with Gasteiger partial charge in [0.1, 0.15) is 0 Å². The van der Waals surface area contributed by atoms with E-state index in [9.17, 15) is 9.59 Å². The molecule has 0 aromatic rings. The summed E-state index contributed by atoms with van der Waals surface area (Å²) in [6.45, 7) is 7.75. The van der Waals surface area contributed by atoms with Crippen LogP contribution in [-0.4, -0.2) is 49.4 Å². The lowest BCUT2D eigenvalue weighted by atomic mass is 10.1. The van der Waals surface area contributed by atoms with E-state index in [1.807, 2.05) is 18.7 Å². The Labute approximate surface area is 103 Å². The monoisotopic (exact) mass is 241 g/mol. The minimum Gasteiger partial charge on any atom is -0.356 e. The van der Waals surface area contributed by atoms with Crippen molar-refractivity contribution in [3.8, 4) is 0 Å². The maximum atomic E-state index is 11.7. The van der Waals surface area contributed by atoms with Crippen LogP contribution in [0.5, 0.6) is 0 Å². The number of nitrogens with one attached hydrogen (secondary N) is 2. The standard InChI is InChI=1S/C12H23N3O2/c1-10(2)9-11(16)14-4-3-12(17)15-7-5-13-6-8-15/h10,13H,3-9H2,1-2H3,(H,14,16). The first-order valence-electron chi connectivity index (χ1n) is 6.35. The van der Waals surface area contributed by atoms with Crippen LogP contribution in [0.25, 0.3) is 0 Å². The average Bonchev–Trinajstić information content (AvgIpc) is 2.29. The highest BCUT2D eigenvalue weighted by Crippen LogP contribution is 1.99. The molecular formula is C12H23N3O2. The van der Waals surface area contributed by atoms with E-state index in [0.29, 0.717) is 25.3 Å². The lowest BCUT2D eigenvalue weighted by Crippen LogP contribution is -2.47. The Balaban J connectivity index is 2.13. The van der Waals surface area contributed by atoms with E-state index in [-0.39, 0.29) is 11.8 Å². The molecule has 0 unspecified atom stereocenters. The Kier molecular flexibility index (Phi) is 5.97. The summed E-state index contributed by atoms with van der Waals surface area (Å²) < 4.78 is 0. The zero-order valence-electron chi connectivity index (χ0n) is 10.8. The molecule has 0 atom stereocenters. The fourth-order valence-electron chi connectivity index (χ4n) is 1.82. The summed E-state index contributed by atoms with van der Waals surface area (Å²) in [6, 6.07) is 0. The molecule has 2 N–H and O–H groups in total. The summed E-state index contributed by atoms with van der Waals surface area (Å²) in [4.78, 5) is 25.0. The first-order chi connectivity index (χ1) is 8.09. The molecule has 1 aliphatic rings. The SMILES string of the molecule is CC(C)CC(=O)NCCC(=O)N1CCNCC1. The Bertz CT molecular complexity index is 260. The van der Waals surface area contributed by atoms with Crippen molar-refractivity contribution in [3.05, 3.63) is 0 Å². The van der Waals surface area contributed by atoms with E-state index in [1.165, 1.54) is 0 Å². The van der Waals surface area contributed by atoms with Gasteiger partial charge < -0.3 is 15.5 Å². The Morgan fingerprint density at radius 3 is 2.53 bits per heavy atom. The minimum absolute atomic E-state index is 0.0353. The highest BCUT2D eigenvalue weighted by molar-refractivity contribution is 5.79. The van der Waals surface area contributed by atoms with E-state index < -0.39 is 0 Å². The van der Waals surface area contributed by atoms with Crippen molar-refractivity contribution in [1.29, 1.82) is 0 Å². The molecule has 1 fully saturated rings. The van der Waals surface area contributed by atoms with Gasteiger partial charge >= 0.3 is 0 Å². The van der Waals surface area contributed by atoms with E-state index in [4.69, 9.17) is 0 Å². The molecule has 1 saturated heterocycles. The molecular weight excluding hydrogens is 218 g/mol. The predicted molar refractivity (Wildman–Crippen MR) is 66.5 cm³/mol. The molecule has 1 aliphatic heterocycles. The van der Waals surface area contributed by atoms with Gasteiger partial charge in [0, 0.05) is 45.6 Å². The second-order valence-electron chi connectivity index (χ2n) is 4.83. The van der Waals surface area contributed by atoms with Crippen LogP contribution < -0.4 is 10.6 Å². The zero-order chi connectivity index (χ0) is 12.7.